The second kappa shape index (κ2) is 4.36. The van der Waals surface area contributed by atoms with Gasteiger partial charge in [-0.25, -0.2) is 4.79 Å². The van der Waals surface area contributed by atoms with E-state index in [0.29, 0.717) is 0 Å². The van der Waals surface area contributed by atoms with E-state index in [4.69, 9.17) is 5.11 Å². The summed E-state index contributed by atoms with van der Waals surface area (Å²) in [5, 5.41) is 11.9. The second-order valence-electron chi connectivity index (χ2n) is 6.82. The van der Waals surface area contributed by atoms with Crippen LogP contribution in [0.15, 0.2) is 11.6 Å². The third-order valence-electron chi connectivity index (χ3n) is 5.11. The molecule has 0 atom stereocenters. The van der Waals surface area contributed by atoms with Crippen LogP contribution in [0.25, 0.3) is 0 Å². The highest BCUT2D eigenvalue weighted by molar-refractivity contribution is 5.97. The van der Waals surface area contributed by atoms with Crippen LogP contribution < -0.4 is 5.32 Å². The minimum Gasteiger partial charge on any atom is -0.478 e. The second-order valence-corrected chi connectivity index (χ2v) is 6.82. The highest BCUT2D eigenvalue weighted by Gasteiger charge is 2.51. The van der Waals surface area contributed by atoms with E-state index in [1.807, 2.05) is 0 Å². The summed E-state index contributed by atoms with van der Waals surface area (Å²) in [5.74, 6) is 1.06. The van der Waals surface area contributed by atoms with E-state index >= 15 is 0 Å². The molecule has 0 aromatic heterocycles. The summed E-state index contributed by atoms with van der Waals surface area (Å²) in [6, 6.07) is 0. The topological polar surface area (TPSA) is 66.4 Å². The first-order valence-corrected chi connectivity index (χ1v) is 7.19. The van der Waals surface area contributed by atoms with Crippen LogP contribution in [0.2, 0.25) is 0 Å². The van der Waals surface area contributed by atoms with Gasteiger partial charge in [-0.15, -0.1) is 0 Å². The van der Waals surface area contributed by atoms with Gasteiger partial charge in [0, 0.05) is 17.2 Å². The molecule has 0 aromatic carbocycles. The maximum atomic E-state index is 12.0. The fourth-order valence-corrected chi connectivity index (χ4v) is 4.82. The highest BCUT2D eigenvalue weighted by atomic mass is 16.4. The van der Waals surface area contributed by atoms with E-state index in [2.05, 4.69) is 5.32 Å². The highest BCUT2D eigenvalue weighted by Crippen LogP contribution is 2.55. The zero-order chi connectivity index (χ0) is 13.6. The molecule has 0 radical (unpaired) electrons. The molecule has 0 unspecified atom stereocenters. The van der Waals surface area contributed by atoms with Gasteiger partial charge in [-0.2, -0.15) is 0 Å². The van der Waals surface area contributed by atoms with Gasteiger partial charge >= 0.3 is 5.97 Å². The summed E-state index contributed by atoms with van der Waals surface area (Å²) in [6.07, 6.45) is 8.48. The molecule has 2 N–H and O–H groups in total. The van der Waals surface area contributed by atoms with E-state index in [1.165, 1.54) is 32.3 Å². The van der Waals surface area contributed by atoms with E-state index in [-0.39, 0.29) is 17.0 Å². The Morgan fingerprint density at radius 3 is 2.00 bits per heavy atom. The van der Waals surface area contributed by atoms with Crippen molar-refractivity contribution in [1.82, 2.24) is 5.32 Å². The van der Waals surface area contributed by atoms with Gasteiger partial charge in [0.15, 0.2) is 0 Å². The molecule has 4 aliphatic rings. The van der Waals surface area contributed by atoms with Crippen LogP contribution in [0, 0.1) is 17.8 Å². The predicted octanol–water partition coefficient (Wildman–Crippen LogP) is 2.10. The molecule has 0 aliphatic heterocycles. The SMILES string of the molecule is C/C(=C\C(=O)NC12CC3CC(CC(C3)C1)C2)C(=O)O. The predicted molar refractivity (Wildman–Crippen MR) is 70.4 cm³/mol. The maximum absolute atomic E-state index is 12.0. The molecule has 4 saturated carbocycles. The number of hydrogen-bond acceptors (Lipinski definition) is 2. The first kappa shape index (κ1) is 12.7. The minimum atomic E-state index is -1.03. The van der Waals surface area contributed by atoms with Crippen LogP contribution >= 0.6 is 0 Å². The minimum absolute atomic E-state index is 0.0406. The number of nitrogens with one attached hydrogen (secondary N) is 1. The zero-order valence-electron chi connectivity index (χ0n) is 11.3. The third kappa shape index (κ3) is 2.40. The van der Waals surface area contributed by atoms with Crippen molar-refractivity contribution in [3.05, 3.63) is 11.6 Å². The van der Waals surface area contributed by atoms with Crippen LogP contribution in [0.3, 0.4) is 0 Å². The van der Waals surface area contributed by atoms with Crippen LogP contribution in [-0.4, -0.2) is 22.5 Å². The van der Waals surface area contributed by atoms with E-state index in [1.54, 1.807) is 0 Å². The molecule has 4 bridgehead atoms. The van der Waals surface area contributed by atoms with Crippen molar-refractivity contribution in [2.24, 2.45) is 17.8 Å². The lowest BCUT2D eigenvalue weighted by Gasteiger charge is -2.56. The number of carbonyl (C=O) groups is 2. The van der Waals surface area contributed by atoms with Crippen molar-refractivity contribution in [2.45, 2.75) is 51.0 Å². The number of hydrogen-bond donors (Lipinski definition) is 2. The van der Waals surface area contributed by atoms with E-state index in [9.17, 15) is 9.59 Å². The number of rotatable bonds is 3. The largest absolute Gasteiger partial charge is 0.478 e. The van der Waals surface area contributed by atoms with Gasteiger partial charge in [0.1, 0.15) is 0 Å². The Labute approximate surface area is 113 Å². The Bertz CT molecular complexity index is 417. The monoisotopic (exact) mass is 263 g/mol. The molecule has 19 heavy (non-hydrogen) atoms. The van der Waals surface area contributed by atoms with Crippen molar-refractivity contribution in [3.8, 4) is 0 Å². The van der Waals surface area contributed by atoms with Crippen LogP contribution in [0.5, 0.6) is 0 Å². The Morgan fingerprint density at radius 2 is 1.58 bits per heavy atom. The average molecular weight is 263 g/mol. The molecule has 0 saturated heterocycles. The molecule has 0 spiro atoms. The molecule has 4 aliphatic carbocycles. The van der Waals surface area contributed by atoms with Gasteiger partial charge in [-0.1, -0.05) is 0 Å². The number of carboxylic acid groups (broad SMARTS) is 1. The lowest BCUT2D eigenvalue weighted by atomic mass is 9.53. The summed E-state index contributed by atoms with van der Waals surface area (Å²) in [4.78, 5) is 22.7. The quantitative estimate of drug-likeness (QED) is 0.766. The van der Waals surface area contributed by atoms with Crippen molar-refractivity contribution in [3.63, 3.8) is 0 Å². The fourth-order valence-electron chi connectivity index (χ4n) is 4.82. The summed E-state index contributed by atoms with van der Waals surface area (Å²) >= 11 is 0. The van der Waals surface area contributed by atoms with Crippen molar-refractivity contribution >= 4 is 11.9 Å². The summed E-state index contributed by atoms with van der Waals surface area (Å²) in [5.41, 5.74) is 0.0587. The first-order chi connectivity index (χ1) is 8.96. The molecule has 0 heterocycles. The summed E-state index contributed by atoms with van der Waals surface area (Å²) in [7, 11) is 0. The van der Waals surface area contributed by atoms with E-state index in [0.717, 1.165) is 37.0 Å². The van der Waals surface area contributed by atoms with Crippen molar-refractivity contribution in [1.29, 1.82) is 0 Å². The molecule has 104 valence electrons. The van der Waals surface area contributed by atoms with Gasteiger partial charge < -0.3 is 10.4 Å². The average Bonchev–Trinajstić information content (AvgIpc) is 2.25. The Morgan fingerprint density at radius 1 is 1.11 bits per heavy atom. The first-order valence-electron chi connectivity index (χ1n) is 7.19. The lowest BCUT2D eigenvalue weighted by Crippen LogP contribution is -2.59. The number of carbonyl (C=O) groups excluding carboxylic acids is 1. The number of amides is 1. The molecule has 0 aromatic rings. The van der Waals surface area contributed by atoms with Crippen LogP contribution in [0.1, 0.15) is 45.4 Å². The summed E-state index contributed by atoms with van der Waals surface area (Å²) in [6.45, 7) is 1.46. The Kier molecular flexibility index (Phi) is 2.91. The fraction of sp³-hybridized carbons (Fsp3) is 0.733. The van der Waals surface area contributed by atoms with Gasteiger partial charge in [-0.05, 0) is 63.2 Å². The Balaban J connectivity index is 1.71. The van der Waals surface area contributed by atoms with Gasteiger partial charge in [0.25, 0.3) is 0 Å². The Hall–Kier alpha value is -1.32. The molecule has 4 fully saturated rings. The maximum Gasteiger partial charge on any atom is 0.331 e. The van der Waals surface area contributed by atoms with Gasteiger partial charge in [0.05, 0.1) is 0 Å². The number of aliphatic carboxylic acids is 1. The summed E-state index contributed by atoms with van der Waals surface area (Å²) < 4.78 is 0. The smallest absolute Gasteiger partial charge is 0.331 e. The van der Waals surface area contributed by atoms with Crippen LogP contribution in [-0.2, 0) is 9.59 Å². The van der Waals surface area contributed by atoms with Crippen LogP contribution in [0.4, 0.5) is 0 Å². The number of carboxylic acids is 1. The molecule has 4 nitrogen and oxygen atoms in total. The van der Waals surface area contributed by atoms with Gasteiger partial charge in [-0.3, -0.25) is 4.79 Å². The molecule has 4 rings (SSSR count). The zero-order valence-corrected chi connectivity index (χ0v) is 11.3. The molecule has 4 heteroatoms. The van der Waals surface area contributed by atoms with Crippen molar-refractivity contribution < 1.29 is 14.7 Å². The molecular formula is C15H21NO3. The standard InChI is InChI=1S/C15H21NO3/c1-9(14(18)19)2-13(17)16-15-6-10-3-11(7-15)5-12(4-10)8-15/h2,10-12H,3-8H2,1H3,(H,16,17)(H,18,19)/b9-2+. The molecule has 1 amide bonds. The van der Waals surface area contributed by atoms with E-state index < -0.39 is 5.97 Å². The molecular weight excluding hydrogens is 242 g/mol. The van der Waals surface area contributed by atoms with Crippen molar-refractivity contribution in [2.75, 3.05) is 0 Å². The third-order valence-corrected chi connectivity index (χ3v) is 5.11. The normalized spacial score (nSPS) is 40.3. The lowest BCUT2D eigenvalue weighted by molar-refractivity contribution is -0.133. The van der Waals surface area contributed by atoms with Gasteiger partial charge in [0.2, 0.25) is 5.91 Å².